The Morgan fingerprint density at radius 1 is 1.05 bits per heavy atom. The van der Waals surface area contributed by atoms with Crippen LogP contribution in [-0.4, -0.2) is 52.6 Å². The predicted octanol–water partition coefficient (Wildman–Crippen LogP) is 6.48. The summed E-state index contributed by atoms with van der Waals surface area (Å²) >= 11 is 5.86. The summed E-state index contributed by atoms with van der Waals surface area (Å²) < 4.78 is 6.14. The summed E-state index contributed by atoms with van der Waals surface area (Å²) in [5.41, 5.74) is 2.99. The molecule has 2 heterocycles. The number of nitrogens with zero attached hydrogens (tertiary/aromatic N) is 4. The molecule has 2 aliphatic rings. The first-order valence-electron chi connectivity index (χ1n) is 13.3. The molecule has 0 spiro atoms. The minimum atomic E-state index is -0.774. The highest BCUT2D eigenvalue weighted by Crippen LogP contribution is 2.39. The minimum absolute atomic E-state index is 0.0615. The van der Waals surface area contributed by atoms with Gasteiger partial charge in [-0.15, -0.1) is 0 Å². The standard InChI is InChI=1S/C31H34N4O2S/c1-22-20-23(21-33-16-7-8-17-33)12-15-28(22)37-19-9-18-34-30(38)35(29(36)31(34,2)3)27-14-13-26(32-4)24-10-5-6-11-25(24)27/h5-6,10-15,20H,7-9,16-19,21H2,1-3H3. The van der Waals surface area contributed by atoms with E-state index in [0.29, 0.717) is 24.0 Å². The molecule has 2 fully saturated rings. The van der Waals surface area contributed by atoms with Crippen molar-refractivity contribution < 1.29 is 9.53 Å². The molecule has 0 atom stereocenters. The monoisotopic (exact) mass is 526 g/mol. The largest absolute Gasteiger partial charge is 0.493 e. The van der Waals surface area contributed by atoms with Crippen molar-refractivity contribution in [1.29, 1.82) is 0 Å². The van der Waals surface area contributed by atoms with Gasteiger partial charge >= 0.3 is 0 Å². The molecule has 2 aliphatic heterocycles. The molecule has 0 saturated carbocycles. The molecule has 1 amide bonds. The number of benzene rings is 3. The molecule has 3 aromatic rings. The average molecular weight is 527 g/mol. The van der Waals surface area contributed by atoms with Gasteiger partial charge in [-0.2, -0.15) is 0 Å². The van der Waals surface area contributed by atoms with E-state index < -0.39 is 5.54 Å². The summed E-state index contributed by atoms with van der Waals surface area (Å²) in [4.78, 5) is 23.4. The molecule has 38 heavy (non-hydrogen) atoms. The number of likely N-dealkylation sites (tertiary alicyclic amines) is 1. The van der Waals surface area contributed by atoms with Crippen LogP contribution in [0.2, 0.25) is 0 Å². The number of carbonyl (C=O) groups excluding carboxylic acids is 1. The van der Waals surface area contributed by atoms with Crippen molar-refractivity contribution in [2.24, 2.45) is 0 Å². The topological polar surface area (TPSA) is 40.4 Å². The molecule has 0 bridgehead atoms. The summed E-state index contributed by atoms with van der Waals surface area (Å²) in [6.45, 7) is 18.0. The van der Waals surface area contributed by atoms with Gasteiger partial charge in [-0.05, 0) is 99.4 Å². The van der Waals surface area contributed by atoms with Crippen molar-refractivity contribution >= 4 is 45.4 Å². The normalized spacial score (nSPS) is 17.4. The Morgan fingerprint density at radius 3 is 2.50 bits per heavy atom. The molecule has 0 unspecified atom stereocenters. The van der Waals surface area contributed by atoms with Crippen molar-refractivity contribution in [2.75, 3.05) is 31.1 Å². The van der Waals surface area contributed by atoms with Crippen LogP contribution in [0.3, 0.4) is 0 Å². The maximum Gasteiger partial charge on any atom is 0.258 e. The third kappa shape index (κ3) is 4.87. The van der Waals surface area contributed by atoms with E-state index in [1.54, 1.807) is 11.0 Å². The number of hydrogen-bond acceptors (Lipinski definition) is 4. The van der Waals surface area contributed by atoms with Crippen molar-refractivity contribution in [2.45, 2.75) is 52.1 Å². The van der Waals surface area contributed by atoms with Gasteiger partial charge in [0.1, 0.15) is 11.3 Å². The van der Waals surface area contributed by atoms with E-state index >= 15 is 0 Å². The first-order valence-corrected chi connectivity index (χ1v) is 13.7. The number of amides is 1. The molecule has 0 radical (unpaired) electrons. The fraction of sp³-hybridized carbons (Fsp3) is 0.387. The van der Waals surface area contributed by atoms with Crippen LogP contribution in [0.5, 0.6) is 5.75 Å². The highest BCUT2D eigenvalue weighted by atomic mass is 32.1. The second-order valence-corrected chi connectivity index (χ2v) is 11.0. The van der Waals surface area contributed by atoms with Gasteiger partial charge < -0.3 is 9.64 Å². The SMILES string of the molecule is [C-]#[N+]c1ccc(N2C(=O)C(C)(C)N(CCCOc3ccc(CN4CCCC4)cc3C)C2=S)c2ccccc12. The smallest absolute Gasteiger partial charge is 0.258 e. The van der Waals surface area contributed by atoms with Crippen LogP contribution in [0.4, 0.5) is 11.4 Å². The quantitative estimate of drug-likeness (QED) is 0.191. The average Bonchev–Trinajstić information content (AvgIpc) is 3.47. The molecule has 7 heteroatoms. The molecule has 0 N–H and O–H groups in total. The number of carbonyl (C=O) groups is 1. The lowest BCUT2D eigenvalue weighted by molar-refractivity contribution is -0.123. The zero-order chi connectivity index (χ0) is 26.9. The zero-order valence-electron chi connectivity index (χ0n) is 22.4. The molecule has 2 saturated heterocycles. The van der Waals surface area contributed by atoms with E-state index in [1.807, 2.05) is 49.1 Å². The highest BCUT2D eigenvalue weighted by Gasteiger charge is 2.49. The summed E-state index contributed by atoms with van der Waals surface area (Å²) in [6.07, 6.45) is 3.33. The van der Waals surface area contributed by atoms with Crippen LogP contribution < -0.4 is 9.64 Å². The number of fused-ring (bicyclic) bond motifs is 1. The lowest BCUT2D eigenvalue weighted by atomic mass is 10.0. The second kappa shape index (κ2) is 10.7. The van der Waals surface area contributed by atoms with Crippen molar-refractivity contribution in [1.82, 2.24) is 9.80 Å². The van der Waals surface area contributed by atoms with Gasteiger partial charge in [0, 0.05) is 13.1 Å². The summed E-state index contributed by atoms with van der Waals surface area (Å²) in [5.74, 6) is 0.844. The van der Waals surface area contributed by atoms with Gasteiger partial charge in [0.05, 0.1) is 18.9 Å². The summed E-state index contributed by atoms with van der Waals surface area (Å²) in [5, 5.41) is 2.16. The van der Waals surface area contributed by atoms with Gasteiger partial charge in [-0.25, -0.2) is 4.85 Å². The second-order valence-electron chi connectivity index (χ2n) is 10.7. The molecule has 5 rings (SSSR count). The number of thiocarbonyl (C=S) groups is 1. The van der Waals surface area contributed by atoms with Gasteiger partial charge in [-0.1, -0.05) is 42.5 Å². The third-order valence-corrected chi connectivity index (χ3v) is 8.09. The first-order chi connectivity index (χ1) is 18.3. The summed E-state index contributed by atoms with van der Waals surface area (Å²) in [7, 11) is 0. The lowest BCUT2D eigenvalue weighted by Crippen LogP contribution is -2.44. The molecule has 3 aromatic carbocycles. The van der Waals surface area contributed by atoms with E-state index in [0.717, 1.165) is 40.7 Å². The molecule has 0 aliphatic carbocycles. The Morgan fingerprint density at radius 2 is 1.79 bits per heavy atom. The Labute approximate surface area is 230 Å². The lowest BCUT2D eigenvalue weighted by Gasteiger charge is -2.29. The number of hydrogen-bond donors (Lipinski definition) is 0. The molecular formula is C31H34N4O2S. The van der Waals surface area contributed by atoms with Crippen LogP contribution >= 0.6 is 12.2 Å². The van der Waals surface area contributed by atoms with E-state index in [4.69, 9.17) is 23.5 Å². The number of ether oxygens (including phenoxy) is 1. The Kier molecular flexibility index (Phi) is 7.38. The van der Waals surface area contributed by atoms with E-state index in [-0.39, 0.29) is 5.91 Å². The Hall–Kier alpha value is -3.47. The fourth-order valence-corrected chi connectivity index (χ4v) is 6.06. The van der Waals surface area contributed by atoms with Crippen LogP contribution in [0.1, 0.15) is 44.2 Å². The minimum Gasteiger partial charge on any atom is -0.493 e. The van der Waals surface area contributed by atoms with E-state index in [1.165, 1.54) is 31.5 Å². The molecule has 0 aromatic heterocycles. The van der Waals surface area contributed by atoms with Crippen LogP contribution in [0.25, 0.3) is 15.6 Å². The van der Waals surface area contributed by atoms with Crippen molar-refractivity contribution in [3.8, 4) is 5.75 Å². The van der Waals surface area contributed by atoms with Gasteiger partial charge in [0.25, 0.3) is 5.91 Å². The number of anilines is 1. The predicted molar refractivity (Wildman–Crippen MR) is 157 cm³/mol. The Balaban J connectivity index is 1.25. The van der Waals surface area contributed by atoms with E-state index in [9.17, 15) is 4.79 Å². The fourth-order valence-electron chi connectivity index (χ4n) is 5.56. The van der Waals surface area contributed by atoms with Crippen LogP contribution in [0.15, 0.2) is 54.6 Å². The van der Waals surface area contributed by atoms with Gasteiger partial charge in [-0.3, -0.25) is 14.6 Å². The first kappa shape index (κ1) is 26.1. The molecule has 6 nitrogen and oxygen atoms in total. The van der Waals surface area contributed by atoms with Gasteiger partial charge in [0.2, 0.25) is 0 Å². The maximum atomic E-state index is 13.6. The van der Waals surface area contributed by atoms with Crippen LogP contribution in [-0.2, 0) is 11.3 Å². The maximum absolute atomic E-state index is 13.6. The third-order valence-electron chi connectivity index (χ3n) is 7.69. The zero-order valence-corrected chi connectivity index (χ0v) is 23.2. The van der Waals surface area contributed by atoms with Gasteiger partial charge in [0.15, 0.2) is 10.8 Å². The molecule has 196 valence electrons. The van der Waals surface area contributed by atoms with E-state index in [2.05, 4.69) is 34.9 Å². The Bertz CT molecular complexity index is 1420. The van der Waals surface area contributed by atoms with Crippen LogP contribution in [0, 0.1) is 13.5 Å². The van der Waals surface area contributed by atoms with Crippen molar-refractivity contribution in [3.05, 3.63) is 77.1 Å². The molecular weight excluding hydrogens is 492 g/mol. The summed E-state index contributed by atoms with van der Waals surface area (Å²) in [6, 6.07) is 17.8. The highest BCUT2D eigenvalue weighted by molar-refractivity contribution is 7.80. The number of rotatable bonds is 8. The van der Waals surface area contributed by atoms with Crippen molar-refractivity contribution in [3.63, 3.8) is 0 Å². The number of aryl methyl sites for hydroxylation is 1.